The van der Waals surface area contributed by atoms with Crippen LogP contribution in [0.5, 0.6) is 11.5 Å². The summed E-state index contributed by atoms with van der Waals surface area (Å²) in [6.07, 6.45) is 1.56. The number of carbonyl (C=O) groups excluding carboxylic acids is 2. The number of nitrogens with one attached hydrogen (secondary N) is 1. The van der Waals surface area contributed by atoms with E-state index in [2.05, 4.69) is 5.43 Å². The number of hydrazine groups is 1. The van der Waals surface area contributed by atoms with Crippen LogP contribution >= 0.6 is 24.0 Å². The number of rotatable bonds is 6. The Labute approximate surface area is 180 Å². The molecular weight excluding hydrogens is 430 g/mol. The molecule has 11 heteroatoms. The van der Waals surface area contributed by atoms with Gasteiger partial charge in [0, 0.05) is 17.7 Å². The predicted octanol–water partition coefficient (Wildman–Crippen LogP) is 3.25. The van der Waals surface area contributed by atoms with Crippen molar-refractivity contribution in [1.82, 2.24) is 10.4 Å². The van der Waals surface area contributed by atoms with Crippen molar-refractivity contribution in [1.29, 1.82) is 0 Å². The molecule has 1 aliphatic rings. The van der Waals surface area contributed by atoms with Crippen LogP contribution in [0.25, 0.3) is 6.08 Å². The molecule has 0 aliphatic carbocycles. The van der Waals surface area contributed by atoms with Crippen LogP contribution in [0.3, 0.4) is 0 Å². The Bertz CT molecular complexity index is 1090. The minimum Gasteiger partial charge on any atom is -0.504 e. The van der Waals surface area contributed by atoms with Crippen molar-refractivity contribution in [2.75, 3.05) is 6.61 Å². The Morgan fingerprint density at radius 2 is 2.13 bits per heavy atom. The fourth-order valence-corrected chi connectivity index (χ4v) is 3.71. The van der Waals surface area contributed by atoms with Crippen molar-refractivity contribution < 1.29 is 24.4 Å². The van der Waals surface area contributed by atoms with Gasteiger partial charge in [0.2, 0.25) is 0 Å². The van der Waals surface area contributed by atoms with Gasteiger partial charge in [-0.05, 0) is 49.0 Å². The lowest BCUT2D eigenvalue weighted by Gasteiger charge is -2.15. The smallest absolute Gasteiger partial charge is 0.285 e. The van der Waals surface area contributed by atoms with Gasteiger partial charge in [-0.1, -0.05) is 23.9 Å². The highest BCUT2D eigenvalue weighted by Crippen LogP contribution is 2.33. The van der Waals surface area contributed by atoms with Crippen molar-refractivity contribution in [2.24, 2.45) is 0 Å². The van der Waals surface area contributed by atoms with Crippen molar-refractivity contribution in [3.63, 3.8) is 0 Å². The first kappa shape index (κ1) is 21.3. The summed E-state index contributed by atoms with van der Waals surface area (Å²) in [7, 11) is 0. The number of carbonyl (C=O) groups is 2. The molecule has 2 aromatic rings. The van der Waals surface area contributed by atoms with Crippen molar-refractivity contribution >= 4 is 51.9 Å². The molecule has 1 saturated heterocycles. The zero-order valence-electron chi connectivity index (χ0n) is 15.5. The molecular formula is C19H15N3O6S2. The predicted molar refractivity (Wildman–Crippen MR) is 115 cm³/mol. The van der Waals surface area contributed by atoms with E-state index >= 15 is 0 Å². The highest BCUT2D eigenvalue weighted by molar-refractivity contribution is 8.26. The van der Waals surface area contributed by atoms with Crippen LogP contribution in [0.1, 0.15) is 22.8 Å². The van der Waals surface area contributed by atoms with Crippen molar-refractivity contribution in [2.45, 2.75) is 6.92 Å². The van der Waals surface area contributed by atoms with Gasteiger partial charge in [-0.3, -0.25) is 25.1 Å². The minimum absolute atomic E-state index is 0.0159. The SMILES string of the molecule is CCOc1cc(/C=C2/SC(=S)N(NC(=O)c3cccc([N+](=O)[O-])c3)C2=O)ccc1O. The number of amides is 2. The number of thioether (sulfide) groups is 1. The molecule has 0 atom stereocenters. The Balaban J connectivity index is 1.79. The Morgan fingerprint density at radius 1 is 1.37 bits per heavy atom. The van der Waals surface area contributed by atoms with E-state index in [1.165, 1.54) is 24.3 Å². The van der Waals surface area contributed by atoms with Crippen LogP contribution in [0.15, 0.2) is 47.4 Å². The summed E-state index contributed by atoms with van der Waals surface area (Å²) in [6.45, 7) is 2.14. The van der Waals surface area contributed by atoms with Gasteiger partial charge in [0.25, 0.3) is 17.5 Å². The number of aromatic hydroxyl groups is 1. The number of benzene rings is 2. The van der Waals surface area contributed by atoms with Gasteiger partial charge in [-0.2, -0.15) is 5.01 Å². The van der Waals surface area contributed by atoms with Crippen LogP contribution < -0.4 is 10.2 Å². The second-order valence-electron chi connectivity index (χ2n) is 5.93. The van der Waals surface area contributed by atoms with Gasteiger partial charge < -0.3 is 9.84 Å². The third kappa shape index (κ3) is 4.58. The molecule has 0 radical (unpaired) electrons. The summed E-state index contributed by atoms with van der Waals surface area (Å²) in [6, 6.07) is 9.75. The van der Waals surface area contributed by atoms with Crippen LogP contribution in [0.4, 0.5) is 5.69 Å². The van der Waals surface area contributed by atoms with Gasteiger partial charge in [0.05, 0.1) is 16.4 Å². The fourth-order valence-electron chi connectivity index (χ4n) is 2.53. The molecule has 30 heavy (non-hydrogen) atoms. The summed E-state index contributed by atoms with van der Waals surface area (Å²) < 4.78 is 5.43. The van der Waals surface area contributed by atoms with Gasteiger partial charge in [0.1, 0.15) is 0 Å². The van der Waals surface area contributed by atoms with Crippen LogP contribution in [0.2, 0.25) is 0 Å². The second kappa shape index (κ2) is 8.93. The van der Waals surface area contributed by atoms with E-state index in [0.717, 1.165) is 22.8 Å². The van der Waals surface area contributed by atoms with Gasteiger partial charge in [-0.25, -0.2) is 0 Å². The first-order chi connectivity index (χ1) is 14.3. The van der Waals surface area contributed by atoms with Crippen LogP contribution in [-0.4, -0.2) is 37.8 Å². The maximum Gasteiger partial charge on any atom is 0.285 e. The number of nitrogens with zero attached hydrogens (tertiary/aromatic N) is 2. The third-order valence-corrected chi connectivity index (χ3v) is 5.21. The molecule has 154 valence electrons. The number of phenolic OH excluding ortho intramolecular Hbond substituents is 1. The Morgan fingerprint density at radius 3 is 2.83 bits per heavy atom. The molecule has 0 aromatic heterocycles. The van der Waals surface area contributed by atoms with E-state index in [0.29, 0.717) is 12.2 Å². The topological polar surface area (TPSA) is 122 Å². The molecule has 9 nitrogen and oxygen atoms in total. The highest BCUT2D eigenvalue weighted by Gasteiger charge is 2.34. The van der Waals surface area contributed by atoms with Crippen LogP contribution in [-0.2, 0) is 4.79 Å². The standard InChI is InChI=1S/C19H15N3O6S2/c1-2-28-15-8-11(6-7-14(15)23)9-16-18(25)21(19(29)30-16)20-17(24)12-4-3-5-13(10-12)22(26)27/h3-10,23H,2H2,1H3,(H,20,24)/b16-9+. The molecule has 2 aromatic carbocycles. The maximum atomic E-state index is 12.7. The first-order valence-corrected chi connectivity index (χ1v) is 9.82. The van der Waals surface area contributed by atoms with Gasteiger partial charge in [-0.15, -0.1) is 0 Å². The lowest BCUT2D eigenvalue weighted by atomic mass is 10.2. The lowest BCUT2D eigenvalue weighted by molar-refractivity contribution is -0.384. The number of phenols is 1. The van der Waals surface area contributed by atoms with Crippen LogP contribution in [0, 0.1) is 10.1 Å². The second-order valence-corrected chi connectivity index (χ2v) is 7.60. The molecule has 0 bridgehead atoms. The summed E-state index contributed by atoms with van der Waals surface area (Å²) >= 11 is 6.16. The number of hydrogen-bond acceptors (Lipinski definition) is 8. The molecule has 2 N–H and O–H groups in total. The first-order valence-electron chi connectivity index (χ1n) is 8.59. The fraction of sp³-hybridized carbons (Fsp3) is 0.105. The summed E-state index contributed by atoms with van der Waals surface area (Å²) in [5.74, 6) is -0.999. The number of thiocarbonyl (C=S) groups is 1. The van der Waals surface area contributed by atoms with E-state index in [1.54, 1.807) is 25.1 Å². The summed E-state index contributed by atoms with van der Waals surface area (Å²) in [5, 5.41) is 21.6. The van der Waals surface area contributed by atoms with E-state index in [-0.39, 0.29) is 32.0 Å². The van der Waals surface area contributed by atoms with E-state index in [4.69, 9.17) is 17.0 Å². The number of nitro groups is 1. The van der Waals surface area contributed by atoms with Gasteiger partial charge >= 0.3 is 0 Å². The molecule has 0 saturated carbocycles. The number of nitro benzene ring substituents is 1. The number of ether oxygens (including phenoxy) is 1. The third-order valence-electron chi connectivity index (χ3n) is 3.91. The lowest BCUT2D eigenvalue weighted by Crippen LogP contribution is -2.44. The molecule has 1 aliphatic heterocycles. The van der Waals surface area contributed by atoms with Crippen molar-refractivity contribution in [3.05, 3.63) is 68.6 Å². The molecule has 0 spiro atoms. The Hall–Kier alpha value is -3.44. The van der Waals surface area contributed by atoms with E-state index in [9.17, 15) is 24.8 Å². The monoisotopic (exact) mass is 445 g/mol. The molecule has 0 unspecified atom stereocenters. The maximum absolute atomic E-state index is 12.7. The molecule has 2 amide bonds. The molecule has 1 fully saturated rings. The Kier molecular flexibility index (Phi) is 6.33. The van der Waals surface area contributed by atoms with E-state index < -0.39 is 16.7 Å². The summed E-state index contributed by atoms with van der Waals surface area (Å²) in [4.78, 5) is 35.6. The van der Waals surface area contributed by atoms with Crippen molar-refractivity contribution in [3.8, 4) is 11.5 Å². The normalized spacial score (nSPS) is 14.8. The number of non-ortho nitro benzene ring substituents is 1. The summed E-state index contributed by atoms with van der Waals surface area (Å²) in [5.41, 5.74) is 2.74. The highest BCUT2D eigenvalue weighted by atomic mass is 32.2. The zero-order valence-corrected chi connectivity index (χ0v) is 17.2. The minimum atomic E-state index is -0.709. The van der Waals surface area contributed by atoms with E-state index in [1.807, 2.05) is 0 Å². The zero-order chi connectivity index (χ0) is 21.8. The van der Waals surface area contributed by atoms with Gasteiger partial charge in [0.15, 0.2) is 15.8 Å². The quantitative estimate of drug-likeness (QED) is 0.301. The largest absolute Gasteiger partial charge is 0.504 e. The average molecular weight is 445 g/mol. The molecule has 1 heterocycles. The average Bonchev–Trinajstić information content (AvgIpc) is 2.98. The molecule has 3 rings (SSSR count). The number of hydrogen-bond donors (Lipinski definition) is 2.